The van der Waals surface area contributed by atoms with Gasteiger partial charge in [0, 0.05) is 22.7 Å². The highest BCUT2D eigenvalue weighted by atomic mass is 127. The number of hydrogen-bond acceptors (Lipinski definition) is 3. The average molecular weight is 394 g/mol. The largest absolute Gasteiger partial charge is 0.315 e. The molecular formula is C13H19IN2O2S. The summed E-state index contributed by atoms with van der Waals surface area (Å²) in [4.78, 5) is 0.397. The first-order valence-electron chi connectivity index (χ1n) is 6.54. The highest BCUT2D eigenvalue weighted by Gasteiger charge is 2.32. The van der Waals surface area contributed by atoms with Gasteiger partial charge in [0.25, 0.3) is 0 Å². The third kappa shape index (κ3) is 3.48. The number of benzene rings is 1. The molecule has 0 aromatic heterocycles. The number of halogens is 1. The molecule has 0 radical (unpaired) electrons. The van der Waals surface area contributed by atoms with Crippen molar-refractivity contribution in [2.75, 3.05) is 19.6 Å². The maximum Gasteiger partial charge on any atom is 0.243 e. The first-order chi connectivity index (χ1) is 9.05. The van der Waals surface area contributed by atoms with Crippen molar-refractivity contribution in [1.82, 2.24) is 9.62 Å². The third-order valence-corrected chi connectivity index (χ3v) is 5.99. The average Bonchev–Trinajstić information content (AvgIpc) is 2.89. The van der Waals surface area contributed by atoms with Crippen molar-refractivity contribution < 1.29 is 8.42 Å². The number of nitrogens with one attached hydrogen (secondary N) is 1. The highest BCUT2D eigenvalue weighted by Crippen LogP contribution is 2.22. The predicted molar refractivity (Wildman–Crippen MR) is 84.6 cm³/mol. The quantitative estimate of drug-likeness (QED) is 0.778. The van der Waals surface area contributed by atoms with E-state index in [1.54, 1.807) is 16.4 Å². The second-order valence-electron chi connectivity index (χ2n) is 4.72. The van der Waals surface area contributed by atoms with Gasteiger partial charge in [0.1, 0.15) is 0 Å². The Bertz CT molecular complexity index is 510. The Kier molecular flexibility index (Phi) is 5.22. The van der Waals surface area contributed by atoms with Crippen LogP contribution in [0.5, 0.6) is 0 Å². The zero-order valence-electron chi connectivity index (χ0n) is 11.0. The lowest BCUT2D eigenvalue weighted by atomic mass is 10.2. The maximum absolute atomic E-state index is 12.7. The molecule has 1 aromatic rings. The van der Waals surface area contributed by atoms with E-state index >= 15 is 0 Å². The van der Waals surface area contributed by atoms with Crippen LogP contribution in [0, 0.1) is 3.57 Å². The zero-order chi connectivity index (χ0) is 13.9. The van der Waals surface area contributed by atoms with Gasteiger partial charge in [0.15, 0.2) is 0 Å². The van der Waals surface area contributed by atoms with Gasteiger partial charge in [-0.25, -0.2) is 8.42 Å². The van der Waals surface area contributed by atoms with Crippen LogP contribution < -0.4 is 5.32 Å². The lowest BCUT2D eigenvalue weighted by Crippen LogP contribution is -2.41. The van der Waals surface area contributed by atoms with Gasteiger partial charge in [-0.2, -0.15) is 4.31 Å². The van der Waals surface area contributed by atoms with Crippen LogP contribution in [0.15, 0.2) is 29.2 Å². The minimum Gasteiger partial charge on any atom is -0.315 e. The minimum absolute atomic E-state index is 0.0872. The number of sulfonamides is 1. The summed E-state index contributed by atoms with van der Waals surface area (Å²) in [5, 5.41) is 3.24. The molecule has 0 spiro atoms. The minimum atomic E-state index is -3.37. The molecule has 1 aliphatic rings. The molecule has 1 fully saturated rings. The van der Waals surface area contributed by atoms with Crippen molar-refractivity contribution in [3.63, 3.8) is 0 Å². The van der Waals surface area contributed by atoms with E-state index in [-0.39, 0.29) is 6.04 Å². The van der Waals surface area contributed by atoms with E-state index in [0.29, 0.717) is 11.4 Å². The summed E-state index contributed by atoms with van der Waals surface area (Å²) in [6.45, 7) is 4.25. The van der Waals surface area contributed by atoms with Gasteiger partial charge in [0.2, 0.25) is 10.0 Å². The summed E-state index contributed by atoms with van der Waals surface area (Å²) in [5.41, 5.74) is 0. The Morgan fingerprint density at radius 1 is 1.37 bits per heavy atom. The molecular weight excluding hydrogens is 375 g/mol. The molecule has 1 aromatic carbocycles. The van der Waals surface area contributed by atoms with E-state index in [0.717, 1.165) is 29.5 Å². The van der Waals surface area contributed by atoms with Crippen LogP contribution >= 0.6 is 22.6 Å². The van der Waals surface area contributed by atoms with Gasteiger partial charge in [-0.1, -0.05) is 6.92 Å². The summed E-state index contributed by atoms with van der Waals surface area (Å²) >= 11 is 2.18. The molecule has 0 saturated carbocycles. The van der Waals surface area contributed by atoms with Crippen molar-refractivity contribution >= 4 is 32.6 Å². The van der Waals surface area contributed by atoms with E-state index in [2.05, 4.69) is 27.9 Å². The Labute approximate surface area is 128 Å². The number of rotatable bonds is 5. The molecule has 1 heterocycles. The van der Waals surface area contributed by atoms with Crippen LogP contribution in [0.4, 0.5) is 0 Å². The van der Waals surface area contributed by atoms with Gasteiger partial charge in [-0.15, -0.1) is 0 Å². The summed E-state index contributed by atoms with van der Waals surface area (Å²) in [6.07, 6.45) is 1.73. The molecule has 1 N–H and O–H groups in total. The number of hydrogen-bond donors (Lipinski definition) is 1. The molecule has 1 aliphatic heterocycles. The van der Waals surface area contributed by atoms with Gasteiger partial charge >= 0.3 is 0 Å². The molecule has 19 heavy (non-hydrogen) atoms. The van der Waals surface area contributed by atoms with Crippen LogP contribution in [0.25, 0.3) is 0 Å². The van der Waals surface area contributed by atoms with E-state index in [1.807, 2.05) is 19.1 Å². The topological polar surface area (TPSA) is 49.4 Å². The van der Waals surface area contributed by atoms with Crippen molar-refractivity contribution in [3.05, 3.63) is 27.8 Å². The van der Waals surface area contributed by atoms with Gasteiger partial charge < -0.3 is 5.32 Å². The van der Waals surface area contributed by atoms with E-state index < -0.39 is 10.0 Å². The van der Waals surface area contributed by atoms with Crippen molar-refractivity contribution in [2.24, 2.45) is 0 Å². The number of nitrogens with zero attached hydrogens (tertiary/aromatic N) is 1. The van der Waals surface area contributed by atoms with Crippen molar-refractivity contribution in [1.29, 1.82) is 0 Å². The van der Waals surface area contributed by atoms with Crippen LogP contribution in [0.2, 0.25) is 0 Å². The van der Waals surface area contributed by atoms with E-state index in [9.17, 15) is 8.42 Å². The Morgan fingerprint density at radius 3 is 2.58 bits per heavy atom. The van der Waals surface area contributed by atoms with Crippen LogP contribution in [-0.4, -0.2) is 38.4 Å². The molecule has 0 bridgehead atoms. The van der Waals surface area contributed by atoms with Gasteiger partial charge in [-0.05, 0) is 66.2 Å². The van der Waals surface area contributed by atoms with Crippen LogP contribution in [0.1, 0.15) is 19.8 Å². The summed E-state index contributed by atoms with van der Waals surface area (Å²) in [6, 6.07) is 7.16. The highest BCUT2D eigenvalue weighted by molar-refractivity contribution is 14.1. The summed E-state index contributed by atoms with van der Waals surface area (Å²) in [5.74, 6) is 0. The first-order valence-corrected chi connectivity index (χ1v) is 9.05. The molecule has 4 nitrogen and oxygen atoms in total. The Balaban J connectivity index is 2.30. The lowest BCUT2D eigenvalue weighted by molar-refractivity contribution is 0.335. The summed E-state index contributed by atoms with van der Waals surface area (Å²) < 4.78 is 28.1. The first kappa shape index (κ1) is 15.2. The molecule has 2 rings (SSSR count). The molecule has 1 unspecified atom stereocenters. The second kappa shape index (κ2) is 6.51. The lowest BCUT2D eigenvalue weighted by Gasteiger charge is -2.27. The Hall–Kier alpha value is -0.180. The second-order valence-corrected chi connectivity index (χ2v) is 7.85. The molecule has 1 saturated heterocycles. The summed E-state index contributed by atoms with van der Waals surface area (Å²) in [7, 11) is -3.37. The molecule has 1 atom stereocenters. The predicted octanol–water partition coefficient (Wildman–Crippen LogP) is 2.05. The van der Waals surface area contributed by atoms with Gasteiger partial charge in [0.05, 0.1) is 4.90 Å². The van der Waals surface area contributed by atoms with Gasteiger partial charge in [-0.3, -0.25) is 0 Å². The Morgan fingerprint density at radius 2 is 2.05 bits per heavy atom. The van der Waals surface area contributed by atoms with E-state index in [1.165, 1.54) is 0 Å². The fraction of sp³-hybridized carbons (Fsp3) is 0.538. The normalized spacial score (nSPS) is 20.1. The molecule has 0 amide bonds. The van der Waals surface area contributed by atoms with Crippen molar-refractivity contribution in [3.8, 4) is 0 Å². The fourth-order valence-electron chi connectivity index (χ4n) is 2.35. The van der Waals surface area contributed by atoms with E-state index in [4.69, 9.17) is 0 Å². The molecule has 0 aliphatic carbocycles. The zero-order valence-corrected chi connectivity index (χ0v) is 13.9. The molecule has 106 valence electrons. The maximum atomic E-state index is 12.7. The van der Waals surface area contributed by atoms with Crippen LogP contribution in [-0.2, 0) is 10.0 Å². The third-order valence-electron chi connectivity index (χ3n) is 3.31. The fourth-order valence-corrected chi connectivity index (χ4v) is 4.45. The standard InChI is InChI=1S/C13H19IN2O2S/c1-2-9-16(12-7-8-15-10-12)19(17,18)13-5-3-11(14)4-6-13/h3-6,12,15H,2,7-10H2,1H3. The monoisotopic (exact) mass is 394 g/mol. The van der Waals surface area contributed by atoms with Crippen molar-refractivity contribution in [2.45, 2.75) is 30.7 Å². The van der Waals surface area contributed by atoms with Crippen LogP contribution in [0.3, 0.4) is 0 Å². The SMILES string of the molecule is CCCN(C1CCNC1)S(=O)(=O)c1ccc(I)cc1. The smallest absolute Gasteiger partial charge is 0.243 e. The molecule has 6 heteroatoms.